The number of likely N-dealkylation sites (tertiary alicyclic amines) is 1. The number of hydrogen-bond acceptors (Lipinski definition) is 6. The molecule has 1 atom stereocenters. The van der Waals surface area contributed by atoms with E-state index in [0.29, 0.717) is 12.4 Å². The molecule has 34 heavy (non-hydrogen) atoms. The molecule has 7 nitrogen and oxygen atoms in total. The number of nitrogens with zero attached hydrogens (tertiary/aromatic N) is 4. The highest BCUT2D eigenvalue weighted by Crippen LogP contribution is 2.40. The van der Waals surface area contributed by atoms with E-state index < -0.39 is 0 Å². The average molecular weight is 459 g/mol. The second kappa shape index (κ2) is 10.0. The molecule has 7 heteroatoms. The highest BCUT2D eigenvalue weighted by Gasteiger charge is 2.32. The van der Waals surface area contributed by atoms with Gasteiger partial charge in [0.2, 0.25) is 5.91 Å². The molecule has 0 aromatic heterocycles. The molecule has 2 aliphatic rings. The van der Waals surface area contributed by atoms with Gasteiger partial charge >= 0.3 is 0 Å². The number of fused-ring (bicyclic) bond motifs is 1. The summed E-state index contributed by atoms with van der Waals surface area (Å²) < 4.78 is 5.31. The van der Waals surface area contributed by atoms with Crippen LogP contribution < -0.4 is 14.5 Å². The number of methoxy groups -OCH3 is 1. The molecule has 2 aromatic rings. The van der Waals surface area contributed by atoms with E-state index >= 15 is 0 Å². The number of benzene rings is 2. The molecule has 1 fully saturated rings. The molecule has 0 radical (unpaired) electrons. The van der Waals surface area contributed by atoms with E-state index in [1.165, 1.54) is 0 Å². The van der Waals surface area contributed by atoms with E-state index in [1.54, 1.807) is 7.11 Å². The van der Waals surface area contributed by atoms with E-state index in [-0.39, 0.29) is 36.1 Å². The van der Waals surface area contributed by atoms with Crippen molar-refractivity contribution >= 4 is 23.1 Å². The molecule has 0 N–H and O–H groups in total. The molecule has 0 aliphatic carbocycles. The lowest BCUT2D eigenvalue weighted by atomic mass is 10.0. The number of hydrogen-bond donors (Lipinski definition) is 0. The number of ether oxygens (including phenoxy) is 1. The number of para-hydroxylation sites is 2. The maximum atomic E-state index is 13.0. The van der Waals surface area contributed by atoms with Crippen molar-refractivity contribution in [2.24, 2.45) is 0 Å². The Labute approximate surface area is 200 Å². The number of allylic oxidation sites excluding steroid dienone is 1. The molecule has 0 bridgehead atoms. The van der Waals surface area contributed by atoms with Crippen LogP contribution in [0.1, 0.15) is 31.2 Å². The molecular formula is C27H30N4O3. The van der Waals surface area contributed by atoms with E-state index in [9.17, 15) is 14.9 Å². The van der Waals surface area contributed by atoms with Crippen LogP contribution in [-0.2, 0) is 16.0 Å². The summed E-state index contributed by atoms with van der Waals surface area (Å²) in [6, 6.07) is 17.9. The van der Waals surface area contributed by atoms with Gasteiger partial charge in [-0.25, -0.2) is 0 Å². The Morgan fingerprint density at radius 3 is 2.41 bits per heavy atom. The van der Waals surface area contributed by atoms with Crippen LogP contribution in [0.3, 0.4) is 0 Å². The number of carbonyl (C=O) groups is 2. The van der Waals surface area contributed by atoms with Gasteiger partial charge in [0.1, 0.15) is 23.2 Å². The quantitative estimate of drug-likeness (QED) is 0.463. The maximum absolute atomic E-state index is 13.0. The van der Waals surface area contributed by atoms with Crippen LogP contribution >= 0.6 is 0 Å². The second-order valence-corrected chi connectivity index (χ2v) is 8.78. The Hall–Kier alpha value is -3.79. The van der Waals surface area contributed by atoms with Crippen LogP contribution in [0.25, 0.3) is 0 Å². The van der Waals surface area contributed by atoms with E-state index in [4.69, 9.17) is 4.74 Å². The molecule has 176 valence electrons. The first-order valence-electron chi connectivity index (χ1n) is 11.6. The fourth-order valence-electron chi connectivity index (χ4n) is 4.99. The third-order valence-electron chi connectivity index (χ3n) is 6.72. The number of nitriles is 1. The first-order chi connectivity index (χ1) is 16.4. The molecule has 2 heterocycles. The summed E-state index contributed by atoms with van der Waals surface area (Å²) >= 11 is 0. The zero-order valence-electron chi connectivity index (χ0n) is 20.0. The number of rotatable bonds is 7. The topological polar surface area (TPSA) is 76.9 Å². The largest absolute Gasteiger partial charge is 0.497 e. The Bertz CT molecular complexity index is 1140. The molecule has 0 spiro atoms. The van der Waals surface area contributed by atoms with Crippen molar-refractivity contribution in [3.8, 4) is 11.8 Å². The van der Waals surface area contributed by atoms with Gasteiger partial charge in [-0.1, -0.05) is 24.3 Å². The van der Waals surface area contributed by atoms with Crippen LogP contribution in [0.2, 0.25) is 0 Å². The fraction of sp³-hybridized carbons (Fsp3) is 0.370. The molecule has 0 saturated carbocycles. The summed E-state index contributed by atoms with van der Waals surface area (Å²) in [6.45, 7) is 0.703. The van der Waals surface area contributed by atoms with Crippen molar-refractivity contribution in [1.82, 2.24) is 4.90 Å². The third-order valence-corrected chi connectivity index (χ3v) is 6.72. The maximum Gasteiger partial charge on any atom is 0.223 e. The smallest absolute Gasteiger partial charge is 0.223 e. The molecule has 2 aromatic carbocycles. The summed E-state index contributed by atoms with van der Waals surface area (Å²) in [5.41, 5.74) is 3.09. The number of Topliss-reactive ketones (excluding diaryl/α,β-unsaturated/α-hetero) is 1. The van der Waals surface area contributed by atoms with Crippen LogP contribution in [0.4, 0.5) is 11.4 Å². The van der Waals surface area contributed by atoms with Crippen LogP contribution in [0.5, 0.6) is 5.75 Å². The number of anilines is 2. The van der Waals surface area contributed by atoms with Gasteiger partial charge in [-0.15, -0.1) is 0 Å². The van der Waals surface area contributed by atoms with Gasteiger partial charge in [-0.05, 0) is 49.1 Å². The summed E-state index contributed by atoms with van der Waals surface area (Å²) in [4.78, 5) is 31.7. The van der Waals surface area contributed by atoms with Gasteiger partial charge in [0, 0.05) is 39.5 Å². The summed E-state index contributed by atoms with van der Waals surface area (Å²) in [6.07, 6.45) is 2.78. The molecule has 1 unspecified atom stereocenters. The van der Waals surface area contributed by atoms with Gasteiger partial charge in [-0.2, -0.15) is 5.26 Å². The average Bonchev–Trinajstić information content (AvgIpc) is 3.42. The molecule has 1 saturated heterocycles. The zero-order valence-corrected chi connectivity index (χ0v) is 20.0. The van der Waals surface area contributed by atoms with Crippen LogP contribution in [0.15, 0.2) is 59.9 Å². The third kappa shape index (κ3) is 4.49. The van der Waals surface area contributed by atoms with Gasteiger partial charge < -0.3 is 19.4 Å². The molecule has 1 amide bonds. The summed E-state index contributed by atoms with van der Waals surface area (Å²) in [5, 5.41) is 9.81. The van der Waals surface area contributed by atoms with Crippen molar-refractivity contribution in [3.63, 3.8) is 0 Å². The van der Waals surface area contributed by atoms with Crippen molar-refractivity contribution in [2.75, 3.05) is 37.5 Å². The monoisotopic (exact) mass is 458 g/mol. The van der Waals surface area contributed by atoms with Crippen molar-refractivity contribution < 1.29 is 14.3 Å². The van der Waals surface area contributed by atoms with Gasteiger partial charge in [-0.3, -0.25) is 9.59 Å². The summed E-state index contributed by atoms with van der Waals surface area (Å²) in [5.74, 6) is 1.02. The van der Waals surface area contributed by atoms with Crippen molar-refractivity contribution in [2.45, 2.75) is 38.1 Å². The van der Waals surface area contributed by atoms with E-state index in [1.807, 2.05) is 77.3 Å². The normalized spacial score (nSPS) is 16.9. The van der Waals surface area contributed by atoms with Gasteiger partial charge in [0.15, 0.2) is 5.78 Å². The van der Waals surface area contributed by atoms with Gasteiger partial charge in [0.05, 0.1) is 18.5 Å². The molecule has 4 rings (SSSR count). The standard InChI is InChI=1S/C27H30N4O3/c1-29-23-11-4-5-12-24(23)30(2)27(29)22(18-28)25(32)13-14-26(33)31-15-7-9-20(31)16-19-8-6-10-21(17-19)34-3/h4-6,8,10-12,17,20H,7,9,13-16H2,1-3H3. The minimum Gasteiger partial charge on any atom is -0.497 e. The minimum absolute atomic E-state index is 0.0195. The lowest BCUT2D eigenvalue weighted by Crippen LogP contribution is -2.37. The van der Waals surface area contributed by atoms with E-state index in [0.717, 1.165) is 42.0 Å². The van der Waals surface area contributed by atoms with Crippen LogP contribution in [0, 0.1) is 11.3 Å². The SMILES string of the molecule is COc1cccc(CC2CCCN2C(=O)CCC(=O)C(C#N)=C2N(C)c3ccccc3N2C)c1. The Balaban J connectivity index is 1.42. The van der Waals surface area contributed by atoms with Crippen molar-refractivity contribution in [1.29, 1.82) is 5.26 Å². The molecule has 2 aliphatic heterocycles. The first-order valence-corrected chi connectivity index (χ1v) is 11.6. The molecular weight excluding hydrogens is 428 g/mol. The highest BCUT2D eigenvalue weighted by atomic mass is 16.5. The highest BCUT2D eigenvalue weighted by molar-refractivity contribution is 6.03. The minimum atomic E-state index is -0.305. The van der Waals surface area contributed by atoms with E-state index in [2.05, 4.69) is 6.07 Å². The number of carbonyl (C=O) groups excluding carboxylic acids is 2. The summed E-state index contributed by atoms with van der Waals surface area (Å²) in [7, 11) is 5.34. The number of amides is 1. The Kier molecular flexibility index (Phi) is 6.87. The first kappa shape index (κ1) is 23.4. The fourth-order valence-corrected chi connectivity index (χ4v) is 4.99. The second-order valence-electron chi connectivity index (χ2n) is 8.78. The number of ketones is 1. The predicted molar refractivity (Wildman–Crippen MR) is 132 cm³/mol. The van der Waals surface area contributed by atoms with Crippen LogP contribution in [-0.4, -0.2) is 50.4 Å². The lowest BCUT2D eigenvalue weighted by molar-refractivity contribution is -0.133. The van der Waals surface area contributed by atoms with Gasteiger partial charge in [0.25, 0.3) is 0 Å². The zero-order chi connectivity index (χ0) is 24.2. The lowest BCUT2D eigenvalue weighted by Gasteiger charge is -2.25. The predicted octanol–water partition coefficient (Wildman–Crippen LogP) is 3.90. The Morgan fingerprint density at radius 2 is 1.76 bits per heavy atom. The van der Waals surface area contributed by atoms with Crippen molar-refractivity contribution in [3.05, 3.63) is 65.5 Å². The Morgan fingerprint density at radius 1 is 1.06 bits per heavy atom.